The van der Waals surface area contributed by atoms with Crippen LogP contribution in [0.3, 0.4) is 0 Å². The quantitative estimate of drug-likeness (QED) is 0.738. The van der Waals surface area contributed by atoms with Gasteiger partial charge in [-0.2, -0.15) is 0 Å². The Morgan fingerprint density at radius 2 is 1.70 bits per heavy atom. The third kappa shape index (κ3) is 4.82. The summed E-state index contributed by atoms with van der Waals surface area (Å²) in [7, 11) is -2.28. The van der Waals surface area contributed by atoms with Crippen LogP contribution in [0.15, 0.2) is 47.4 Å². The van der Waals surface area contributed by atoms with Crippen molar-refractivity contribution in [3.05, 3.63) is 58.6 Å². The van der Waals surface area contributed by atoms with Gasteiger partial charge in [-0.15, -0.1) is 0 Å². The number of nitrogens with one attached hydrogen (secondary N) is 1. The van der Waals surface area contributed by atoms with Crippen molar-refractivity contribution in [3.8, 4) is 0 Å². The minimum atomic E-state index is -3.76. The summed E-state index contributed by atoms with van der Waals surface area (Å²) in [5.41, 5.74) is 1.65. The number of rotatable bonds is 7. The van der Waals surface area contributed by atoms with E-state index in [4.69, 9.17) is 11.6 Å². The number of aryl methyl sites for hydroxylation is 1. The molecule has 1 N–H and O–H groups in total. The monoisotopic (exact) mass is 408 g/mol. The zero-order valence-electron chi connectivity index (χ0n) is 16.0. The first-order valence-electron chi connectivity index (χ1n) is 8.86. The SMILES string of the molecule is CCC(CC)NC(=O)c1ccc(C)c(N(C)S(=O)(=O)c2ccc(Cl)cc2)c1. The minimum Gasteiger partial charge on any atom is -0.349 e. The standard InChI is InChI=1S/C20H25ClN2O3S/c1-5-17(6-2)22-20(24)15-8-7-14(3)19(13-15)23(4)27(25,26)18-11-9-16(21)10-12-18/h7-13,17H,5-6H2,1-4H3,(H,22,24). The summed E-state index contributed by atoms with van der Waals surface area (Å²) in [6, 6.07) is 11.2. The molecule has 2 aromatic rings. The van der Waals surface area contributed by atoms with Crippen LogP contribution in [0.1, 0.15) is 42.6 Å². The molecule has 5 nitrogen and oxygen atoms in total. The molecule has 0 aliphatic carbocycles. The van der Waals surface area contributed by atoms with Gasteiger partial charge in [0.25, 0.3) is 15.9 Å². The molecular weight excluding hydrogens is 384 g/mol. The third-order valence-corrected chi connectivity index (χ3v) is 6.64. The number of carbonyl (C=O) groups excluding carboxylic acids is 1. The summed E-state index contributed by atoms with van der Waals surface area (Å²) in [6.45, 7) is 5.84. The van der Waals surface area contributed by atoms with Gasteiger partial charge in [0.05, 0.1) is 10.6 Å². The lowest BCUT2D eigenvalue weighted by atomic mass is 10.1. The number of sulfonamides is 1. The zero-order chi connectivity index (χ0) is 20.2. The Morgan fingerprint density at radius 1 is 1.11 bits per heavy atom. The Kier molecular flexibility index (Phi) is 6.89. The number of hydrogen-bond acceptors (Lipinski definition) is 3. The highest BCUT2D eigenvalue weighted by Crippen LogP contribution is 2.27. The van der Waals surface area contributed by atoms with Crippen molar-refractivity contribution in [2.24, 2.45) is 0 Å². The van der Waals surface area contributed by atoms with Crippen LogP contribution in [0.25, 0.3) is 0 Å². The van der Waals surface area contributed by atoms with E-state index in [0.29, 0.717) is 16.3 Å². The number of benzene rings is 2. The van der Waals surface area contributed by atoms with Crippen molar-refractivity contribution < 1.29 is 13.2 Å². The molecule has 0 atom stereocenters. The van der Waals surface area contributed by atoms with E-state index in [0.717, 1.165) is 18.4 Å². The lowest BCUT2D eigenvalue weighted by molar-refractivity contribution is 0.0935. The van der Waals surface area contributed by atoms with Crippen molar-refractivity contribution in [2.45, 2.75) is 44.6 Å². The number of hydrogen-bond donors (Lipinski definition) is 1. The highest BCUT2D eigenvalue weighted by atomic mass is 35.5. The van der Waals surface area contributed by atoms with Gasteiger partial charge in [0, 0.05) is 23.7 Å². The number of halogens is 1. The maximum atomic E-state index is 12.9. The van der Waals surface area contributed by atoms with E-state index in [-0.39, 0.29) is 16.8 Å². The third-order valence-electron chi connectivity index (χ3n) is 4.60. The smallest absolute Gasteiger partial charge is 0.264 e. The molecule has 0 heterocycles. The van der Waals surface area contributed by atoms with Crippen LogP contribution in [0.2, 0.25) is 5.02 Å². The summed E-state index contributed by atoms with van der Waals surface area (Å²) >= 11 is 5.85. The van der Waals surface area contributed by atoms with Gasteiger partial charge in [0.2, 0.25) is 0 Å². The number of amides is 1. The van der Waals surface area contributed by atoms with Crippen LogP contribution in [0.4, 0.5) is 5.69 Å². The molecule has 7 heteroatoms. The average Bonchev–Trinajstić information content (AvgIpc) is 2.66. The van der Waals surface area contributed by atoms with Crippen LogP contribution in [-0.2, 0) is 10.0 Å². The maximum Gasteiger partial charge on any atom is 0.264 e. The molecular formula is C20H25ClN2O3S. The molecule has 1 amide bonds. The molecule has 0 fully saturated rings. The summed E-state index contributed by atoms with van der Waals surface area (Å²) in [5, 5.41) is 3.44. The predicted molar refractivity (Wildman–Crippen MR) is 110 cm³/mol. The van der Waals surface area contributed by atoms with Gasteiger partial charge in [-0.1, -0.05) is 31.5 Å². The van der Waals surface area contributed by atoms with Gasteiger partial charge in [0.15, 0.2) is 0 Å². The van der Waals surface area contributed by atoms with Crippen LogP contribution >= 0.6 is 11.6 Å². The Bertz CT molecular complexity index is 907. The fraction of sp³-hybridized carbons (Fsp3) is 0.350. The van der Waals surface area contributed by atoms with E-state index in [2.05, 4.69) is 5.32 Å². The molecule has 2 aromatic carbocycles. The number of nitrogens with zero attached hydrogens (tertiary/aromatic N) is 1. The van der Waals surface area contributed by atoms with E-state index >= 15 is 0 Å². The van der Waals surface area contributed by atoms with Crippen molar-refractivity contribution in [2.75, 3.05) is 11.4 Å². The average molecular weight is 409 g/mol. The molecule has 0 aliphatic rings. The van der Waals surface area contributed by atoms with E-state index in [1.165, 1.54) is 35.6 Å². The molecule has 0 radical (unpaired) electrons. The number of carbonyl (C=O) groups is 1. The van der Waals surface area contributed by atoms with E-state index < -0.39 is 10.0 Å². The van der Waals surface area contributed by atoms with E-state index in [1.807, 2.05) is 20.8 Å². The summed E-state index contributed by atoms with van der Waals surface area (Å²) in [5.74, 6) is -0.206. The summed E-state index contributed by atoms with van der Waals surface area (Å²) < 4.78 is 27.1. The maximum absolute atomic E-state index is 12.9. The predicted octanol–water partition coefficient (Wildman–Crippen LogP) is 4.39. The molecule has 0 saturated heterocycles. The number of anilines is 1. The molecule has 27 heavy (non-hydrogen) atoms. The van der Waals surface area contributed by atoms with Crippen LogP contribution in [0.5, 0.6) is 0 Å². The molecule has 0 bridgehead atoms. The van der Waals surface area contributed by atoms with Crippen molar-refractivity contribution in [1.29, 1.82) is 0 Å². The summed E-state index contributed by atoms with van der Waals surface area (Å²) in [4.78, 5) is 12.7. The zero-order valence-corrected chi connectivity index (χ0v) is 17.6. The van der Waals surface area contributed by atoms with Gasteiger partial charge >= 0.3 is 0 Å². The van der Waals surface area contributed by atoms with Crippen molar-refractivity contribution >= 4 is 33.2 Å². The molecule has 0 aliphatic heterocycles. The fourth-order valence-corrected chi connectivity index (χ4v) is 4.12. The second-order valence-electron chi connectivity index (χ2n) is 6.41. The van der Waals surface area contributed by atoms with Crippen molar-refractivity contribution in [1.82, 2.24) is 5.32 Å². The molecule has 2 rings (SSSR count). The van der Waals surface area contributed by atoms with Gasteiger partial charge in [0.1, 0.15) is 0 Å². The Balaban J connectivity index is 2.37. The van der Waals surface area contributed by atoms with Gasteiger partial charge in [-0.3, -0.25) is 9.10 Å². The van der Waals surface area contributed by atoms with E-state index in [1.54, 1.807) is 18.2 Å². The summed E-state index contributed by atoms with van der Waals surface area (Å²) in [6.07, 6.45) is 1.68. The highest BCUT2D eigenvalue weighted by Gasteiger charge is 2.23. The van der Waals surface area contributed by atoms with Crippen LogP contribution < -0.4 is 9.62 Å². The Morgan fingerprint density at radius 3 is 2.26 bits per heavy atom. The molecule has 0 unspecified atom stereocenters. The van der Waals surface area contributed by atoms with Crippen LogP contribution in [0, 0.1) is 6.92 Å². The lowest BCUT2D eigenvalue weighted by Crippen LogP contribution is -2.34. The van der Waals surface area contributed by atoms with Gasteiger partial charge < -0.3 is 5.32 Å². The van der Waals surface area contributed by atoms with Gasteiger partial charge in [-0.25, -0.2) is 8.42 Å². The van der Waals surface area contributed by atoms with Crippen LogP contribution in [-0.4, -0.2) is 27.4 Å². The molecule has 0 saturated carbocycles. The first-order chi connectivity index (χ1) is 12.7. The highest BCUT2D eigenvalue weighted by molar-refractivity contribution is 7.92. The van der Waals surface area contributed by atoms with Gasteiger partial charge in [-0.05, 0) is 61.7 Å². The van der Waals surface area contributed by atoms with Crippen molar-refractivity contribution in [3.63, 3.8) is 0 Å². The topological polar surface area (TPSA) is 66.5 Å². The van der Waals surface area contributed by atoms with E-state index in [9.17, 15) is 13.2 Å². The normalized spacial score (nSPS) is 11.5. The first-order valence-corrected chi connectivity index (χ1v) is 10.7. The Labute approximate surface area is 166 Å². The second-order valence-corrected chi connectivity index (χ2v) is 8.82. The fourth-order valence-electron chi connectivity index (χ4n) is 2.75. The largest absolute Gasteiger partial charge is 0.349 e. The second kappa shape index (κ2) is 8.76. The molecule has 0 aromatic heterocycles. The lowest BCUT2D eigenvalue weighted by Gasteiger charge is -2.22. The molecule has 146 valence electrons. The Hall–Kier alpha value is -2.05. The first kappa shape index (κ1) is 21.3. The molecule has 0 spiro atoms. The minimum absolute atomic E-state index is 0.0952.